The van der Waals surface area contributed by atoms with Gasteiger partial charge in [-0.3, -0.25) is 10.1 Å². The Morgan fingerprint density at radius 3 is 2.58 bits per heavy atom. The van der Waals surface area contributed by atoms with Gasteiger partial charge in [0.25, 0.3) is 15.9 Å². The fourth-order valence-electron chi connectivity index (χ4n) is 2.34. The van der Waals surface area contributed by atoms with E-state index in [1.165, 1.54) is 10.4 Å². The lowest BCUT2D eigenvalue weighted by molar-refractivity contribution is -0.895. The number of imide groups is 1. The van der Waals surface area contributed by atoms with Crippen molar-refractivity contribution >= 4 is 45.0 Å². The summed E-state index contributed by atoms with van der Waals surface area (Å²) in [6.45, 7) is 3.51. The van der Waals surface area contributed by atoms with Gasteiger partial charge in [-0.25, -0.2) is 13.2 Å². The Bertz CT molecular complexity index is 698. The molecular weight excluding hydrogens is 378 g/mol. The van der Waals surface area contributed by atoms with Crippen LogP contribution in [0.25, 0.3) is 0 Å². The molecule has 0 bridgehead atoms. The van der Waals surface area contributed by atoms with Crippen LogP contribution in [0.1, 0.15) is 6.92 Å². The van der Waals surface area contributed by atoms with E-state index in [9.17, 15) is 18.0 Å². The van der Waals surface area contributed by atoms with Gasteiger partial charge in [0.15, 0.2) is 6.54 Å². The van der Waals surface area contributed by atoms with Gasteiger partial charge < -0.3 is 9.64 Å². The molecule has 1 fully saturated rings. The quantitative estimate of drug-likeness (QED) is 0.703. The molecule has 1 saturated heterocycles. The summed E-state index contributed by atoms with van der Waals surface area (Å²) in [5.41, 5.74) is 0. The van der Waals surface area contributed by atoms with Crippen LogP contribution in [0, 0.1) is 0 Å². The van der Waals surface area contributed by atoms with E-state index < -0.39 is 22.0 Å². The van der Waals surface area contributed by atoms with Gasteiger partial charge in [-0.15, -0.1) is 11.3 Å². The lowest BCUT2D eigenvalue weighted by Crippen LogP contribution is -3.15. The van der Waals surface area contributed by atoms with Crippen molar-refractivity contribution in [3.8, 4) is 0 Å². The van der Waals surface area contributed by atoms with Gasteiger partial charge in [0, 0.05) is 0 Å². The molecule has 11 heteroatoms. The number of amides is 2. The molecule has 0 spiro atoms. The van der Waals surface area contributed by atoms with Crippen molar-refractivity contribution in [3.63, 3.8) is 0 Å². The molecule has 0 atom stereocenters. The number of quaternary nitrogens is 1. The number of carbonyl (C=O) groups excluding carboxylic acids is 2. The number of alkyl carbamates (subject to hydrolysis) is 1. The Morgan fingerprint density at radius 2 is 2.04 bits per heavy atom. The third-order valence-corrected chi connectivity index (χ3v) is 7.10. The van der Waals surface area contributed by atoms with Crippen LogP contribution in [-0.2, 0) is 19.6 Å². The third-order valence-electron chi connectivity index (χ3n) is 3.50. The monoisotopic (exact) mass is 396 g/mol. The molecule has 134 valence electrons. The molecule has 1 aromatic rings. The van der Waals surface area contributed by atoms with E-state index in [1.807, 2.05) is 0 Å². The SMILES string of the molecule is CCOC(=O)NC(=O)C[NH+]1CCN(S(=O)(=O)c2ccc(Cl)s2)CC1. The Labute approximate surface area is 149 Å². The highest BCUT2D eigenvalue weighted by atomic mass is 35.5. The fourth-order valence-corrected chi connectivity index (χ4v) is 5.41. The van der Waals surface area contributed by atoms with Crippen LogP contribution in [-0.4, -0.2) is 64.1 Å². The van der Waals surface area contributed by atoms with Crippen LogP contribution in [0.15, 0.2) is 16.3 Å². The van der Waals surface area contributed by atoms with E-state index in [2.05, 4.69) is 10.1 Å². The maximum Gasteiger partial charge on any atom is 0.414 e. The van der Waals surface area contributed by atoms with Crippen LogP contribution in [0.3, 0.4) is 0 Å². The Balaban J connectivity index is 1.85. The topological polar surface area (TPSA) is 97.2 Å². The number of nitrogens with zero attached hydrogens (tertiary/aromatic N) is 1. The second-order valence-electron chi connectivity index (χ2n) is 5.16. The van der Waals surface area contributed by atoms with Gasteiger partial charge in [-0.1, -0.05) is 11.6 Å². The number of sulfonamides is 1. The Hall–Kier alpha value is -1.20. The van der Waals surface area contributed by atoms with Crippen molar-refractivity contribution in [2.24, 2.45) is 0 Å². The number of nitrogens with one attached hydrogen (secondary N) is 2. The summed E-state index contributed by atoms with van der Waals surface area (Å²) in [6, 6.07) is 3.05. The minimum atomic E-state index is -3.54. The van der Waals surface area contributed by atoms with E-state index in [1.54, 1.807) is 13.0 Å². The molecule has 2 heterocycles. The zero-order valence-corrected chi connectivity index (χ0v) is 15.5. The van der Waals surface area contributed by atoms with E-state index in [-0.39, 0.29) is 17.4 Å². The highest BCUT2D eigenvalue weighted by molar-refractivity contribution is 7.91. The molecule has 2 N–H and O–H groups in total. The Morgan fingerprint density at radius 1 is 1.38 bits per heavy atom. The molecule has 0 unspecified atom stereocenters. The number of ether oxygens (including phenoxy) is 1. The highest BCUT2D eigenvalue weighted by Gasteiger charge is 2.32. The van der Waals surface area contributed by atoms with Crippen LogP contribution < -0.4 is 10.2 Å². The molecule has 1 aliphatic rings. The average Bonchev–Trinajstić information content (AvgIpc) is 2.95. The predicted octanol–water partition coefficient (Wildman–Crippen LogP) is -0.437. The summed E-state index contributed by atoms with van der Waals surface area (Å²) in [5, 5.41) is 2.13. The molecule has 0 saturated carbocycles. The third kappa shape index (κ3) is 4.90. The number of carbonyl (C=O) groups is 2. The van der Waals surface area contributed by atoms with Gasteiger partial charge in [0.1, 0.15) is 4.21 Å². The molecule has 2 rings (SSSR count). The normalized spacial score (nSPS) is 16.8. The first-order valence-electron chi connectivity index (χ1n) is 7.38. The van der Waals surface area contributed by atoms with Gasteiger partial charge in [-0.2, -0.15) is 4.31 Å². The zero-order valence-electron chi connectivity index (χ0n) is 13.1. The summed E-state index contributed by atoms with van der Waals surface area (Å²) >= 11 is 6.82. The standard InChI is InChI=1S/C13H18ClN3O5S2/c1-2-22-13(19)15-11(18)9-16-5-7-17(8-6-16)24(20,21)12-4-3-10(14)23-12/h3-4H,2,5-9H2,1H3,(H,15,18,19)/p+1. The molecular formula is C13H19ClN3O5S2+. The van der Waals surface area contributed by atoms with Crippen LogP contribution in [0.2, 0.25) is 4.34 Å². The minimum absolute atomic E-state index is 0.0948. The van der Waals surface area contributed by atoms with E-state index in [4.69, 9.17) is 11.6 Å². The second kappa shape index (κ2) is 8.26. The molecule has 0 aliphatic carbocycles. The number of hydrogen-bond acceptors (Lipinski definition) is 6. The van der Waals surface area contributed by atoms with Crippen molar-refractivity contribution in [3.05, 3.63) is 16.5 Å². The number of piperazine rings is 1. The molecule has 2 amide bonds. The molecule has 0 aromatic carbocycles. The fraction of sp³-hybridized carbons (Fsp3) is 0.538. The second-order valence-corrected chi connectivity index (χ2v) is 9.04. The molecule has 0 radical (unpaired) electrons. The largest absolute Gasteiger partial charge is 0.450 e. The average molecular weight is 397 g/mol. The predicted molar refractivity (Wildman–Crippen MR) is 88.8 cm³/mol. The summed E-state index contributed by atoms with van der Waals surface area (Å²) in [6.07, 6.45) is -0.766. The van der Waals surface area contributed by atoms with E-state index in [0.717, 1.165) is 16.2 Å². The van der Waals surface area contributed by atoms with Gasteiger partial charge in [0.2, 0.25) is 0 Å². The van der Waals surface area contributed by atoms with Crippen molar-refractivity contribution in [2.75, 3.05) is 39.3 Å². The first kappa shape index (κ1) is 19.1. The number of thiophene rings is 1. The smallest absolute Gasteiger partial charge is 0.414 e. The van der Waals surface area contributed by atoms with E-state index in [0.29, 0.717) is 30.5 Å². The summed E-state index contributed by atoms with van der Waals surface area (Å²) in [4.78, 5) is 23.8. The number of rotatable bonds is 5. The number of hydrogen-bond donors (Lipinski definition) is 2. The van der Waals surface area contributed by atoms with Gasteiger partial charge in [-0.05, 0) is 19.1 Å². The molecule has 24 heavy (non-hydrogen) atoms. The summed E-state index contributed by atoms with van der Waals surface area (Å²) < 4.78 is 31.6. The zero-order chi connectivity index (χ0) is 17.7. The summed E-state index contributed by atoms with van der Waals surface area (Å²) in [5.74, 6) is -0.440. The van der Waals surface area contributed by atoms with Crippen molar-refractivity contribution in [1.82, 2.24) is 9.62 Å². The first-order valence-corrected chi connectivity index (χ1v) is 10.0. The van der Waals surface area contributed by atoms with Gasteiger partial charge in [0.05, 0.1) is 37.1 Å². The van der Waals surface area contributed by atoms with Crippen LogP contribution >= 0.6 is 22.9 Å². The molecule has 1 aromatic heterocycles. The molecule has 1 aliphatic heterocycles. The Kier molecular flexibility index (Phi) is 6.58. The lowest BCUT2D eigenvalue weighted by atomic mass is 10.3. The maximum absolute atomic E-state index is 12.5. The summed E-state index contributed by atoms with van der Waals surface area (Å²) in [7, 11) is -3.54. The van der Waals surface area contributed by atoms with Crippen molar-refractivity contribution in [1.29, 1.82) is 0 Å². The van der Waals surface area contributed by atoms with E-state index >= 15 is 0 Å². The molecule has 8 nitrogen and oxygen atoms in total. The van der Waals surface area contributed by atoms with Crippen LogP contribution in [0.4, 0.5) is 4.79 Å². The highest BCUT2D eigenvalue weighted by Crippen LogP contribution is 2.27. The minimum Gasteiger partial charge on any atom is -0.450 e. The first-order chi connectivity index (χ1) is 11.3. The van der Waals surface area contributed by atoms with Crippen molar-refractivity contribution in [2.45, 2.75) is 11.1 Å². The van der Waals surface area contributed by atoms with Crippen LogP contribution in [0.5, 0.6) is 0 Å². The number of halogens is 1. The van der Waals surface area contributed by atoms with Crippen molar-refractivity contribution < 1.29 is 27.6 Å². The maximum atomic E-state index is 12.5. The lowest BCUT2D eigenvalue weighted by Gasteiger charge is -2.30. The van der Waals surface area contributed by atoms with Gasteiger partial charge >= 0.3 is 6.09 Å².